The Balaban J connectivity index is 1.55. The lowest BCUT2D eigenvalue weighted by molar-refractivity contribution is 0.0174. The van der Waals surface area contributed by atoms with Crippen molar-refractivity contribution in [2.75, 3.05) is 25.5 Å². The van der Waals surface area contributed by atoms with E-state index in [0.29, 0.717) is 37.2 Å². The van der Waals surface area contributed by atoms with Crippen LogP contribution in [-0.4, -0.2) is 53.7 Å². The van der Waals surface area contributed by atoms with Crippen LogP contribution in [0.25, 0.3) is 11.1 Å². The fourth-order valence-electron chi connectivity index (χ4n) is 3.60. The third-order valence-corrected chi connectivity index (χ3v) is 5.38. The summed E-state index contributed by atoms with van der Waals surface area (Å²) in [5.74, 6) is -1.80. The quantitative estimate of drug-likeness (QED) is 0.679. The van der Waals surface area contributed by atoms with Gasteiger partial charge in [-0.15, -0.1) is 0 Å². The number of hydrogen-bond acceptors (Lipinski definition) is 3. The van der Waals surface area contributed by atoms with Gasteiger partial charge in [0.1, 0.15) is 5.60 Å². The second-order valence-corrected chi connectivity index (χ2v) is 8.92. The van der Waals surface area contributed by atoms with E-state index in [2.05, 4.69) is 5.32 Å². The summed E-state index contributed by atoms with van der Waals surface area (Å²) in [4.78, 5) is 28.2. The summed E-state index contributed by atoms with van der Waals surface area (Å²) >= 11 is 0. The molecule has 2 aromatic carbocycles. The Labute approximate surface area is 187 Å². The molecule has 3 amide bonds. The summed E-state index contributed by atoms with van der Waals surface area (Å²) in [5.41, 5.74) is 0.689. The minimum absolute atomic E-state index is 0.00523. The number of hydrogen-bond donors (Lipinski definition) is 1. The van der Waals surface area contributed by atoms with Crippen molar-refractivity contribution >= 4 is 17.8 Å². The van der Waals surface area contributed by atoms with Crippen molar-refractivity contribution in [2.45, 2.75) is 45.3 Å². The van der Waals surface area contributed by atoms with E-state index in [1.807, 2.05) is 20.8 Å². The SMILES string of the molecule is CN(C(=O)Nc1ccc(-c2cccc(F)c2F)cc1)C1CCN(C(=O)OC(C)(C)C)CC1. The van der Waals surface area contributed by atoms with Gasteiger partial charge in [-0.3, -0.25) is 0 Å². The van der Waals surface area contributed by atoms with Crippen LogP contribution in [0.4, 0.5) is 24.1 Å². The van der Waals surface area contributed by atoms with Gasteiger partial charge in [0, 0.05) is 37.4 Å². The molecule has 3 rings (SSSR count). The highest BCUT2D eigenvalue weighted by atomic mass is 19.2. The molecule has 0 saturated carbocycles. The molecule has 0 radical (unpaired) electrons. The Morgan fingerprint density at radius 1 is 1.06 bits per heavy atom. The molecule has 6 nitrogen and oxygen atoms in total. The number of ether oxygens (including phenoxy) is 1. The molecule has 8 heteroatoms. The zero-order valence-electron chi connectivity index (χ0n) is 18.8. The van der Waals surface area contributed by atoms with Crippen molar-refractivity contribution in [3.63, 3.8) is 0 Å². The molecule has 0 bridgehead atoms. The minimum Gasteiger partial charge on any atom is -0.444 e. The molecule has 0 atom stereocenters. The lowest BCUT2D eigenvalue weighted by Crippen LogP contribution is -2.49. The van der Waals surface area contributed by atoms with Gasteiger partial charge in [0.05, 0.1) is 0 Å². The summed E-state index contributed by atoms with van der Waals surface area (Å²) in [6.07, 6.45) is 0.972. The number of nitrogens with zero attached hydrogens (tertiary/aromatic N) is 2. The van der Waals surface area contributed by atoms with E-state index in [-0.39, 0.29) is 23.7 Å². The average molecular weight is 446 g/mol. The third kappa shape index (κ3) is 5.75. The van der Waals surface area contributed by atoms with Gasteiger partial charge < -0.3 is 19.9 Å². The summed E-state index contributed by atoms with van der Waals surface area (Å²) in [7, 11) is 1.72. The van der Waals surface area contributed by atoms with Gasteiger partial charge in [-0.05, 0) is 57.4 Å². The van der Waals surface area contributed by atoms with E-state index in [9.17, 15) is 18.4 Å². The largest absolute Gasteiger partial charge is 0.444 e. The van der Waals surface area contributed by atoms with Gasteiger partial charge >= 0.3 is 12.1 Å². The van der Waals surface area contributed by atoms with Gasteiger partial charge in [0.25, 0.3) is 0 Å². The zero-order chi connectivity index (χ0) is 23.5. The standard InChI is InChI=1S/C24H29F2N3O3/c1-24(2,3)32-23(31)29-14-12-18(13-15-29)28(4)22(30)27-17-10-8-16(9-11-17)19-6-5-7-20(25)21(19)26/h5-11,18H,12-15H2,1-4H3,(H,27,30). The molecular weight excluding hydrogens is 416 g/mol. The van der Waals surface area contributed by atoms with E-state index >= 15 is 0 Å². The maximum atomic E-state index is 14.0. The number of amides is 3. The number of anilines is 1. The van der Waals surface area contributed by atoms with Crippen LogP contribution in [0.3, 0.4) is 0 Å². The molecule has 172 valence electrons. The van der Waals surface area contributed by atoms with Gasteiger partial charge in [-0.2, -0.15) is 0 Å². The van der Waals surface area contributed by atoms with Gasteiger partial charge in [-0.25, -0.2) is 18.4 Å². The molecule has 0 spiro atoms. The zero-order valence-corrected chi connectivity index (χ0v) is 18.8. The third-order valence-electron chi connectivity index (χ3n) is 5.38. The first-order chi connectivity index (χ1) is 15.0. The Bertz CT molecular complexity index is 965. The van der Waals surface area contributed by atoms with Crippen molar-refractivity contribution in [2.24, 2.45) is 0 Å². The minimum atomic E-state index is -0.903. The van der Waals surface area contributed by atoms with Crippen LogP contribution in [0, 0.1) is 11.6 Å². The molecule has 0 aliphatic carbocycles. The first-order valence-corrected chi connectivity index (χ1v) is 10.6. The number of urea groups is 1. The predicted molar refractivity (Wildman–Crippen MR) is 119 cm³/mol. The lowest BCUT2D eigenvalue weighted by atomic mass is 10.0. The van der Waals surface area contributed by atoms with Crippen LogP contribution >= 0.6 is 0 Å². The Hall–Kier alpha value is -3.16. The topological polar surface area (TPSA) is 61.9 Å². The summed E-state index contributed by atoms with van der Waals surface area (Å²) < 4.78 is 32.8. The maximum absolute atomic E-state index is 14.0. The summed E-state index contributed by atoms with van der Waals surface area (Å²) in [6, 6.07) is 10.3. The van der Waals surface area contributed by atoms with Crippen LogP contribution in [-0.2, 0) is 4.74 Å². The van der Waals surface area contributed by atoms with Crippen molar-refractivity contribution < 1.29 is 23.1 Å². The first-order valence-electron chi connectivity index (χ1n) is 10.6. The fourth-order valence-corrected chi connectivity index (χ4v) is 3.60. The van der Waals surface area contributed by atoms with Gasteiger partial charge in [0.2, 0.25) is 0 Å². The normalized spacial score (nSPS) is 14.8. The lowest BCUT2D eigenvalue weighted by Gasteiger charge is -2.37. The summed E-state index contributed by atoms with van der Waals surface area (Å²) in [5, 5.41) is 2.82. The van der Waals surface area contributed by atoms with Crippen molar-refractivity contribution in [1.29, 1.82) is 0 Å². The van der Waals surface area contributed by atoms with Crippen molar-refractivity contribution in [3.05, 3.63) is 54.1 Å². The number of rotatable bonds is 3. The van der Waals surface area contributed by atoms with E-state index in [1.54, 1.807) is 41.1 Å². The number of halogens is 2. The Morgan fingerprint density at radius 3 is 2.28 bits per heavy atom. The molecule has 1 fully saturated rings. The molecule has 1 heterocycles. The molecule has 2 aromatic rings. The van der Waals surface area contributed by atoms with E-state index in [1.165, 1.54) is 12.1 Å². The summed E-state index contributed by atoms with van der Waals surface area (Å²) in [6.45, 7) is 6.53. The first kappa shape index (κ1) is 23.5. The second-order valence-electron chi connectivity index (χ2n) is 8.92. The second kappa shape index (κ2) is 9.54. The molecule has 0 unspecified atom stereocenters. The maximum Gasteiger partial charge on any atom is 0.410 e. The molecule has 1 saturated heterocycles. The van der Waals surface area contributed by atoms with Crippen LogP contribution in [0.1, 0.15) is 33.6 Å². The van der Waals surface area contributed by atoms with Gasteiger partial charge in [-0.1, -0.05) is 24.3 Å². The monoisotopic (exact) mass is 445 g/mol. The Kier molecular flexibility index (Phi) is 7.01. The number of likely N-dealkylation sites (tertiary alicyclic amines) is 1. The smallest absolute Gasteiger partial charge is 0.410 e. The van der Waals surface area contributed by atoms with Crippen LogP contribution < -0.4 is 5.32 Å². The van der Waals surface area contributed by atoms with Crippen molar-refractivity contribution in [3.8, 4) is 11.1 Å². The number of carbonyl (C=O) groups excluding carboxylic acids is 2. The van der Waals surface area contributed by atoms with E-state index in [4.69, 9.17) is 4.74 Å². The molecule has 1 aliphatic heterocycles. The van der Waals surface area contributed by atoms with Crippen LogP contribution in [0.2, 0.25) is 0 Å². The van der Waals surface area contributed by atoms with Crippen molar-refractivity contribution in [1.82, 2.24) is 9.80 Å². The van der Waals surface area contributed by atoms with E-state index < -0.39 is 17.2 Å². The molecule has 0 aromatic heterocycles. The molecule has 32 heavy (non-hydrogen) atoms. The van der Waals surface area contributed by atoms with E-state index in [0.717, 1.165) is 6.07 Å². The average Bonchev–Trinajstić information content (AvgIpc) is 2.75. The number of nitrogens with one attached hydrogen (secondary N) is 1. The fraction of sp³-hybridized carbons (Fsp3) is 0.417. The number of carbonyl (C=O) groups is 2. The Morgan fingerprint density at radius 2 is 1.69 bits per heavy atom. The number of piperidine rings is 1. The molecule has 1 N–H and O–H groups in total. The predicted octanol–water partition coefficient (Wildman–Crippen LogP) is 5.50. The molecule has 1 aliphatic rings. The number of benzene rings is 2. The highest BCUT2D eigenvalue weighted by molar-refractivity contribution is 5.89. The highest BCUT2D eigenvalue weighted by Crippen LogP contribution is 2.26. The van der Waals surface area contributed by atoms with Crippen LogP contribution in [0.15, 0.2) is 42.5 Å². The van der Waals surface area contributed by atoms with Gasteiger partial charge in [0.15, 0.2) is 11.6 Å². The molecular formula is C24H29F2N3O3. The highest BCUT2D eigenvalue weighted by Gasteiger charge is 2.30. The van der Waals surface area contributed by atoms with Crippen LogP contribution in [0.5, 0.6) is 0 Å².